The first kappa shape index (κ1) is 51.9. The Morgan fingerprint density at radius 1 is 0.582 bits per heavy atom. The molecule has 1 rings (SSSR count). The van der Waals surface area contributed by atoms with Crippen molar-refractivity contribution in [1.82, 2.24) is 0 Å². The lowest BCUT2D eigenvalue weighted by Gasteiger charge is -2.40. The summed E-state index contributed by atoms with van der Waals surface area (Å²) in [6.07, 6.45) is 21.8. The molecule has 0 aromatic carbocycles. The van der Waals surface area contributed by atoms with E-state index < -0.39 is 69.1 Å². The van der Waals surface area contributed by atoms with Crippen LogP contribution in [0.25, 0.3) is 0 Å². The second-order valence-electron chi connectivity index (χ2n) is 15.6. The first-order chi connectivity index (χ1) is 26.5. The van der Waals surface area contributed by atoms with Gasteiger partial charge in [-0.1, -0.05) is 168 Å². The predicted molar refractivity (Wildman–Crippen MR) is 216 cm³/mol. The third kappa shape index (κ3) is 27.3. The van der Waals surface area contributed by atoms with E-state index in [4.69, 9.17) is 23.5 Å². The van der Waals surface area contributed by atoms with Crippen molar-refractivity contribution in [3.05, 3.63) is 0 Å². The number of esters is 2. The van der Waals surface area contributed by atoms with Crippen LogP contribution in [0.1, 0.15) is 194 Å². The first-order valence-corrected chi connectivity index (χ1v) is 23.8. The van der Waals surface area contributed by atoms with Crippen LogP contribution < -0.4 is 0 Å². The van der Waals surface area contributed by atoms with Crippen LogP contribution in [0.2, 0.25) is 0 Å². The maximum Gasteiger partial charge on any atom is 0.330 e. The summed E-state index contributed by atoms with van der Waals surface area (Å²) < 4.78 is 39.6. The van der Waals surface area contributed by atoms with Gasteiger partial charge in [-0.25, -0.2) is 0 Å². The average molecular weight is 809 g/mol. The highest BCUT2D eigenvalue weighted by Crippen LogP contribution is 2.45. The Morgan fingerprint density at radius 2 is 0.982 bits per heavy atom. The minimum atomic E-state index is -4.49. The molecule has 0 radical (unpaired) electrons. The van der Waals surface area contributed by atoms with Crippen LogP contribution in [0.3, 0.4) is 0 Å². The fourth-order valence-corrected chi connectivity index (χ4v) is 8.20. The molecular weight excluding hydrogens is 727 g/mol. The largest absolute Gasteiger partial charge is 0.462 e. The van der Waals surface area contributed by atoms with Gasteiger partial charge >= 0.3 is 19.5 Å². The van der Waals surface area contributed by atoms with Crippen molar-refractivity contribution in [2.75, 3.05) is 26.5 Å². The molecule has 0 amide bonds. The fraction of sp³-hybridized carbons (Fsp3) is 0.952. The highest BCUT2D eigenvalue weighted by Gasteiger charge is 2.46. The minimum absolute atomic E-state index is 0.165. The average Bonchev–Trinajstić information content (AvgIpc) is 3.16. The van der Waals surface area contributed by atoms with Gasteiger partial charge in [0.15, 0.2) is 12.4 Å². The highest BCUT2D eigenvalue weighted by atomic mass is 31.2. The van der Waals surface area contributed by atoms with Crippen LogP contribution in [-0.4, -0.2) is 95.4 Å². The lowest BCUT2D eigenvalue weighted by molar-refractivity contribution is -0.285. The number of rotatable bonds is 37. The molecular formula is C42H81O12P. The quantitative estimate of drug-likeness (QED) is 0.0266. The maximum absolute atomic E-state index is 13.0. The Bertz CT molecular complexity index is 982. The molecule has 326 valence electrons. The Labute approximate surface area is 333 Å². The second-order valence-corrected chi connectivity index (χ2v) is 17.5. The molecule has 0 aromatic rings. The van der Waals surface area contributed by atoms with Crippen molar-refractivity contribution < 1.29 is 57.8 Å². The van der Waals surface area contributed by atoms with Crippen molar-refractivity contribution in [2.24, 2.45) is 0 Å². The van der Waals surface area contributed by atoms with E-state index in [1.807, 2.05) is 0 Å². The summed E-state index contributed by atoms with van der Waals surface area (Å²) in [6.45, 7) is 3.60. The Hall–Kier alpha value is -1.11. The standard InChI is InChI=1S/C42H81O12P/c1-4-6-8-10-12-14-16-18-20-22-24-26-28-30-37(43)51-32-35(33-52-55(48,49)34-36-39(45)40(46)41(47)42(50-3)54-36)53-38(44)31-29-27-25-23-21-19-17-15-13-11-9-7-5-2/h35-36,39-42,45-47H,4-34H2,1-3H3,(H,48,49)/t35-,36+,39-,40-,41+,42+/m0/s1. The zero-order valence-electron chi connectivity index (χ0n) is 34.9. The molecule has 1 aliphatic rings. The molecule has 0 saturated carbocycles. The molecule has 1 heterocycles. The summed E-state index contributed by atoms with van der Waals surface area (Å²) in [6, 6.07) is 0. The summed E-state index contributed by atoms with van der Waals surface area (Å²) in [4.78, 5) is 35.9. The third-order valence-corrected chi connectivity index (χ3v) is 11.8. The molecule has 12 nitrogen and oxygen atoms in total. The van der Waals surface area contributed by atoms with E-state index in [-0.39, 0.29) is 19.4 Å². The summed E-state index contributed by atoms with van der Waals surface area (Å²) in [7, 11) is -3.26. The number of carbonyl (C=O) groups is 2. The van der Waals surface area contributed by atoms with Crippen molar-refractivity contribution in [3.63, 3.8) is 0 Å². The van der Waals surface area contributed by atoms with E-state index in [1.165, 1.54) is 123 Å². The zero-order chi connectivity index (χ0) is 40.6. The number of aliphatic hydroxyl groups excluding tert-OH is 3. The number of hydrogen-bond donors (Lipinski definition) is 4. The SMILES string of the molecule is CCCCCCCCCCCCCCCC(=O)OC[C@@H](COP(=O)(O)C[C@H]1O[C@@H](OC)[C@H](O)[C@@H](O)[C@H]1O)OC(=O)CCCCCCCCCCCCCCC. The van der Waals surface area contributed by atoms with Crippen LogP contribution in [0, 0.1) is 0 Å². The Kier molecular flexibility index (Phi) is 31.9. The Balaban J connectivity index is 2.47. The van der Waals surface area contributed by atoms with Crippen molar-refractivity contribution in [2.45, 2.75) is 230 Å². The first-order valence-electron chi connectivity index (χ1n) is 22.1. The van der Waals surface area contributed by atoms with Gasteiger partial charge in [0.2, 0.25) is 0 Å². The molecule has 13 heteroatoms. The lowest BCUT2D eigenvalue weighted by atomic mass is 10.00. The van der Waals surface area contributed by atoms with Gasteiger partial charge < -0.3 is 43.7 Å². The van der Waals surface area contributed by atoms with Crippen molar-refractivity contribution in [3.8, 4) is 0 Å². The molecule has 1 unspecified atom stereocenters. The topological polar surface area (TPSA) is 178 Å². The van der Waals surface area contributed by atoms with Gasteiger partial charge in [0.1, 0.15) is 31.0 Å². The van der Waals surface area contributed by atoms with Crippen molar-refractivity contribution in [1.29, 1.82) is 0 Å². The van der Waals surface area contributed by atoms with Gasteiger partial charge in [-0.15, -0.1) is 0 Å². The molecule has 4 N–H and O–H groups in total. The van der Waals surface area contributed by atoms with Crippen LogP contribution in [0.15, 0.2) is 0 Å². The summed E-state index contributed by atoms with van der Waals surface area (Å²) in [5.74, 6) is -0.951. The predicted octanol–water partition coefficient (Wildman–Crippen LogP) is 9.06. The van der Waals surface area contributed by atoms with E-state index in [9.17, 15) is 34.4 Å². The third-order valence-electron chi connectivity index (χ3n) is 10.5. The van der Waals surface area contributed by atoms with Gasteiger partial charge in [-0.2, -0.15) is 0 Å². The lowest BCUT2D eigenvalue weighted by Crippen LogP contribution is -2.58. The number of ether oxygens (including phenoxy) is 4. The van der Waals surface area contributed by atoms with Crippen molar-refractivity contribution >= 4 is 19.5 Å². The summed E-state index contributed by atoms with van der Waals surface area (Å²) in [5, 5.41) is 30.5. The van der Waals surface area contributed by atoms with E-state index in [1.54, 1.807) is 0 Å². The molecule has 0 bridgehead atoms. The number of unbranched alkanes of at least 4 members (excludes halogenated alkanes) is 24. The van der Waals surface area contributed by atoms with Gasteiger partial charge in [0.25, 0.3) is 0 Å². The molecule has 0 aliphatic carbocycles. The molecule has 0 spiro atoms. The number of hydrogen-bond acceptors (Lipinski definition) is 11. The van der Waals surface area contributed by atoms with Crippen LogP contribution >= 0.6 is 7.60 Å². The molecule has 7 atom stereocenters. The zero-order valence-corrected chi connectivity index (χ0v) is 35.8. The van der Waals surface area contributed by atoms with Crippen LogP contribution in [-0.2, 0) is 37.6 Å². The number of methoxy groups -OCH3 is 1. The van der Waals surface area contributed by atoms with E-state index in [0.717, 1.165) is 38.5 Å². The molecule has 55 heavy (non-hydrogen) atoms. The second kappa shape index (κ2) is 33.8. The highest BCUT2D eigenvalue weighted by molar-refractivity contribution is 7.52. The summed E-state index contributed by atoms with van der Waals surface area (Å²) >= 11 is 0. The summed E-state index contributed by atoms with van der Waals surface area (Å²) in [5.41, 5.74) is 0. The van der Waals surface area contributed by atoms with E-state index in [0.29, 0.717) is 12.8 Å². The van der Waals surface area contributed by atoms with Crippen LogP contribution in [0.4, 0.5) is 0 Å². The minimum Gasteiger partial charge on any atom is -0.462 e. The van der Waals surface area contributed by atoms with E-state index >= 15 is 0 Å². The van der Waals surface area contributed by atoms with Gasteiger partial charge in [0.05, 0.1) is 12.8 Å². The molecule has 1 fully saturated rings. The molecule has 1 aliphatic heterocycles. The maximum atomic E-state index is 13.0. The van der Waals surface area contributed by atoms with E-state index in [2.05, 4.69) is 13.8 Å². The fourth-order valence-electron chi connectivity index (χ4n) is 6.94. The monoisotopic (exact) mass is 809 g/mol. The number of carbonyl (C=O) groups excluding carboxylic acids is 2. The van der Waals surface area contributed by atoms with Gasteiger partial charge in [-0.05, 0) is 12.8 Å². The number of aliphatic hydroxyl groups is 3. The van der Waals surface area contributed by atoms with Crippen LogP contribution in [0.5, 0.6) is 0 Å². The smallest absolute Gasteiger partial charge is 0.330 e. The van der Waals surface area contributed by atoms with Gasteiger partial charge in [-0.3, -0.25) is 14.2 Å². The Morgan fingerprint density at radius 3 is 1.40 bits per heavy atom. The molecule has 1 saturated heterocycles. The van der Waals surface area contributed by atoms with Gasteiger partial charge in [0, 0.05) is 20.0 Å². The normalized spacial score (nSPS) is 21.6. The molecule has 0 aromatic heterocycles.